The number of hydrogen-bond acceptors (Lipinski definition) is 12. The number of carbonyl (C=O) groups is 1. The molecule has 0 N–H and O–H groups in total. The Morgan fingerprint density at radius 2 is 1.12 bits per heavy atom. The molecule has 0 aliphatic rings. The molecule has 0 amide bonds. The van der Waals surface area contributed by atoms with E-state index in [1.165, 1.54) is 12.3 Å². The molecular formula is C22H37NO11. The van der Waals surface area contributed by atoms with E-state index in [-0.39, 0.29) is 45.3 Å². The van der Waals surface area contributed by atoms with Crippen molar-refractivity contribution in [1.29, 1.82) is 0 Å². The fourth-order valence-electron chi connectivity index (χ4n) is 2.27. The van der Waals surface area contributed by atoms with Gasteiger partial charge in [0.15, 0.2) is 0 Å². The summed E-state index contributed by atoms with van der Waals surface area (Å²) < 4.78 is 53.7. The molecule has 12 nitrogen and oxygen atoms in total. The second-order valence-corrected chi connectivity index (χ2v) is 6.47. The normalized spacial score (nSPS) is 11.6. The first kappa shape index (κ1) is 30.3. The van der Waals surface area contributed by atoms with Crippen LogP contribution in [0.15, 0.2) is 24.4 Å². The van der Waals surface area contributed by atoms with Gasteiger partial charge in [-0.05, 0) is 12.1 Å². The van der Waals surface area contributed by atoms with Gasteiger partial charge in [-0.2, -0.15) is 0 Å². The van der Waals surface area contributed by atoms with E-state index in [0.29, 0.717) is 39.6 Å². The van der Waals surface area contributed by atoms with Gasteiger partial charge in [0.2, 0.25) is 0 Å². The molecule has 1 heterocycles. The zero-order chi connectivity index (χ0) is 24.7. The lowest BCUT2D eigenvalue weighted by molar-refractivity contribution is -0.482. The molecule has 1 rings (SSSR count). The van der Waals surface area contributed by atoms with Crippen LogP contribution in [0.5, 0.6) is 0 Å². The van der Waals surface area contributed by atoms with Gasteiger partial charge in [0.1, 0.15) is 5.69 Å². The van der Waals surface area contributed by atoms with Gasteiger partial charge in [-0.3, -0.25) is 14.2 Å². The molecule has 0 fully saturated rings. The van der Waals surface area contributed by atoms with Crippen molar-refractivity contribution in [3.63, 3.8) is 0 Å². The predicted octanol–water partition coefficient (Wildman–Crippen LogP) is 0.889. The van der Waals surface area contributed by atoms with Crippen molar-refractivity contribution in [2.45, 2.75) is 6.16 Å². The number of hydrogen-bond donors (Lipinski definition) is 0. The Labute approximate surface area is 200 Å². The fourth-order valence-corrected chi connectivity index (χ4v) is 2.27. The van der Waals surface area contributed by atoms with Gasteiger partial charge >= 0.3 is 12.1 Å². The van der Waals surface area contributed by atoms with Gasteiger partial charge in [0.05, 0.1) is 79.3 Å². The van der Waals surface area contributed by atoms with Gasteiger partial charge in [-0.15, -0.1) is 0 Å². The van der Waals surface area contributed by atoms with Crippen LogP contribution < -0.4 is 0 Å². The molecule has 196 valence electrons. The Balaban J connectivity index is 2.80. The zero-order valence-electron chi connectivity index (χ0n) is 20.2. The molecule has 0 unspecified atom stereocenters. The summed E-state index contributed by atoms with van der Waals surface area (Å²) in [5, 5.41) is 0. The molecule has 0 saturated carbocycles. The molecule has 1 aromatic heterocycles. The van der Waals surface area contributed by atoms with Crippen molar-refractivity contribution < 1.29 is 52.2 Å². The van der Waals surface area contributed by atoms with Crippen molar-refractivity contribution in [3.05, 3.63) is 30.1 Å². The van der Waals surface area contributed by atoms with Crippen LogP contribution >= 0.6 is 0 Å². The maximum absolute atomic E-state index is 12.7. The lowest BCUT2D eigenvalue weighted by Crippen LogP contribution is -2.46. The van der Waals surface area contributed by atoms with Gasteiger partial charge in [0, 0.05) is 27.5 Å². The minimum Gasteiger partial charge on any atom is -0.382 e. The predicted molar refractivity (Wildman–Crippen MR) is 118 cm³/mol. The maximum Gasteiger partial charge on any atom is 0.463 e. The standard InChI is InChI=1S/C22H37NO11/c1-25-8-11-28-14-17-31-22(32-18-15-29-12-9-26-2,33-19-16-30-13-10-27-3)34-21(24)20-6-4-5-7-23-20/h4-7H,8-19H2,1-3H3. The van der Waals surface area contributed by atoms with Crippen LogP contribution in [-0.4, -0.2) is 118 Å². The number of carbonyl (C=O) groups excluding carboxylic acids is 1. The minimum absolute atomic E-state index is 0.00821. The van der Waals surface area contributed by atoms with Gasteiger partial charge in [-0.1, -0.05) is 6.07 Å². The maximum atomic E-state index is 12.7. The van der Waals surface area contributed by atoms with E-state index in [1.54, 1.807) is 33.5 Å². The van der Waals surface area contributed by atoms with Crippen molar-refractivity contribution >= 4 is 5.97 Å². The second-order valence-electron chi connectivity index (χ2n) is 6.47. The first-order valence-corrected chi connectivity index (χ1v) is 10.9. The lowest BCUT2D eigenvalue weighted by atomic mass is 10.4. The molecule has 0 bridgehead atoms. The summed E-state index contributed by atoms with van der Waals surface area (Å²) in [6.45, 7) is 3.03. The zero-order valence-corrected chi connectivity index (χ0v) is 20.2. The molecule has 0 aromatic carbocycles. The summed E-state index contributed by atoms with van der Waals surface area (Å²) in [7, 11) is 4.73. The number of rotatable bonds is 23. The molecule has 12 heteroatoms. The smallest absolute Gasteiger partial charge is 0.382 e. The largest absolute Gasteiger partial charge is 0.463 e. The number of esters is 1. The summed E-state index contributed by atoms with van der Waals surface area (Å²) in [6, 6.07) is 4.84. The van der Waals surface area contributed by atoms with Crippen molar-refractivity contribution in [2.75, 3.05) is 101 Å². The Hall–Kier alpha value is -1.74. The average molecular weight is 492 g/mol. The number of pyridine rings is 1. The number of aromatic nitrogens is 1. The Morgan fingerprint density at radius 1 is 0.676 bits per heavy atom. The van der Waals surface area contributed by atoms with E-state index in [2.05, 4.69) is 4.98 Å². The molecule has 0 atom stereocenters. The molecular weight excluding hydrogens is 454 g/mol. The molecule has 0 aliphatic heterocycles. The van der Waals surface area contributed by atoms with Crippen LogP contribution in [0, 0.1) is 0 Å². The highest BCUT2D eigenvalue weighted by atomic mass is 17.0. The number of nitrogens with zero attached hydrogens (tertiary/aromatic N) is 1. The van der Waals surface area contributed by atoms with E-state index in [4.69, 9.17) is 47.4 Å². The number of ether oxygens (including phenoxy) is 10. The molecule has 0 aliphatic carbocycles. The van der Waals surface area contributed by atoms with E-state index >= 15 is 0 Å². The molecule has 0 spiro atoms. The fraction of sp³-hybridized carbons (Fsp3) is 0.727. The minimum atomic E-state index is -2.16. The highest BCUT2D eigenvalue weighted by molar-refractivity contribution is 5.87. The van der Waals surface area contributed by atoms with Crippen LogP contribution in [0.2, 0.25) is 0 Å². The first-order chi connectivity index (χ1) is 16.7. The van der Waals surface area contributed by atoms with Crippen LogP contribution in [0.25, 0.3) is 0 Å². The summed E-state index contributed by atoms with van der Waals surface area (Å²) in [5.41, 5.74) is 0.0618. The molecule has 0 saturated heterocycles. The van der Waals surface area contributed by atoms with Gasteiger partial charge < -0.3 is 33.2 Å². The lowest BCUT2D eigenvalue weighted by Gasteiger charge is -2.31. The topological polar surface area (TPSA) is 122 Å². The third-order valence-electron chi connectivity index (χ3n) is 3.91. The SMILES string of the molecule is COCCOCCOC(OCCOCCOC)(OCCOCCOC)OC(=O)c1ccccn1. The second kappa shape index (κ2) is 20.6. The summed E-state index contributed by atoms with van der Waals surface area (Å²) in [6.07, 6.45) is -0.688. The highest BCUT2D eigenvalue weighted by Gasteiger charge is 2.40. The van der Waals surface area contributed by atoms with Gasteiger partial charge in [-0.25, -0.2) is 9.78 Å². The summed E-state index contributed by atoms with van der Waals surface area (Å²) >= 11 is 0. The van der Waals surface area contributed by atoms with Crippen LogP contribution in [0.4, 0.5) is 0 Å². The third kappa shape index (κ3) is 14.5. The number of methoxy groups -OCH3 is 3. The van der Waals surface area contributed by atoms with E-state index < -0.39 is 12.1 Å². The quantitative estimate of drug-likeness (QED) is 0.123. The summed E-state index contributed by atoms with van der Waals surface area (Å²) in [4.78, 5) is 16.7. The van der Waals surface area contributed by atoms with Crippen LogP contribution in [0.1, 0.15) is 10.5 Å². The van der Waals surface area contributed by atoms with Crippen LogP contribution in [-0.2, 0) is 47.4 Å². The van der Waals surface area contributed by atoms with E-state index in [1.807, 2.05) is 0 Å². The third-order valence-corrected chi connectivity index (χ3v) is 3.91. The molecule has 34 heavy (non-hydrogen) atoms. The van der Waals surface area contributed by atoms with Crippen LogP contribution in [0.3, 0.4) is 0 Å². The Morgan fingerprint density at radius 3 is 1.50 bits per heavy atom. The van der Waals surface area contributed by atoms with E-state index in [0.717, 1.165) is 0 Å². The average Bonchev–Trinajstić information content (AvgIpc) is 2.86. The van der Waals surface area contributed by atoms with Crippen molar-refractivity contribution in [3.8, 4) is 0 Å². The summed E-state index contributed by atoms with van der Waals surface area (Å²) in [5.74, 6) is -0.790. The Kier molecular flexibility index (Phi) is 18.4. The molecule has 1 aromatic rings. The monoisotopic (exact) mass is 491 g/mol. The molecule has 0 radical (unpaired) electrons. The van der Waals surface area contributed by atoms with Gasteiger partial charge in [0.25, 0.3) is 0 Å². The van der Waals surface area contributed by atoms with E-state index in [9.17, 15) is 4.79 Å². The van der Waals surface area contributed by atoms with Crippen molar-refractivity contribution in [1.82, 2.24) is 4.98 Å². The van der Waals surface area contributed by atoms with Crippen molar-refractivity contribution in [2.24, 2.45) is 0 Å². The Bertz CT molecular complexity index is 565. The first-order valence-electron chi connectivity index (χ1n) is 10.9. The highest BCUT2D eigenvalue weighted by Crippen LogP contribution is 2.20.